The molecule has 1 heterocycles. The molecule has 3 rings (SSSR count). The second-order valence-electron chi connectivity index (χ2n) is 6.46. The quantitative estimate of drug-likeness (QED) is 0.612. The number of nitrogens with zero attached hydrogens (tertiary/aromatic N) is 2. The van der Waals surface area contributed by atoms with Crippen LogP contribution in [0.25, 0.3) is 0 Å². The van der Waals surface area contributed by atoms with Crippen LogP contribution in [0.4, 0.5) is 11.4 Å². The highest BCUT2D eigenvalue weighted by atomic mass is 16.5. The standard InChI is InChI=1S/C23H25N3O3/c1-4-26(16-17-8-6-5-7-9-17)23(27)18-12-20(15-24-14-18)25-19-10-11-21(28-2)22(13-19)29-3/h5-15,25H,4,16H2,1-3H3. The maximum atomic E-state index is 13.0. The first-order valence-electron chi connectivity index (χ1n) is 9.42. The Morgan fingerprint density at radius 1 is 0.966 bits per heavy atom. The summed E-state index contributed by atoms with van der Waals surface area (Å²) in [6, 6.07) is 17.3. The molecule has 0 saturated heterocycles. The van der Waals surface area contributed by atoms with Gasteiger partial charge >= 0.3 is 0 Å². The van der Waals surface area contributed by atoms with Gasteiger partial charge in [-0.15, -0.1) is 0 Å². The lowest BCUT2D eigenvalue weighted by Crippen LogP contribution is -2.30. The van der Waals surface area contributed by atoms with E-state index in [1.165, 1.54) is 0 Å². The van der Waals surface area contributed by atoms with E-state index in [1.54, 1.807) is 37.6 Å². The molecule has 150 valence electrons. The van der Waals surface area contributed by atoms with E-state index in [0.29, 0.717) is 30.2 Å². The molecule has 0 bridgehead atoms. The van der Waals surface area contributed by atoms with Gasteiger partial charge in [-0.05, 0) is 30.7 Å². The predicted octanol–water partition coefficient (Wildman–Crippen LogP) is 4.50. The van der Waals surface area contributed by atoms with Crippen LogP contribution in [0.2, 0.25) is 0 Å². The maximum Gasteiger partial charge on any atom is 0.255 e. The topological polar surface area (TPSA) is 63.7 Å². The minimum Gasteiger partial charge on any atom is -0.493 e. The first-order valence-corrected chi connectivity index (χ1v) is 9.42. The molecule has 1 amide bonds. The second-order valence-corrected chi connectivity index (χ2v) is 6.46. The largest absolute Gasteiger partial charge is 0.493 e. The smallest absolute Gasteiger partial charge is 0.255 e. The van der Waals surface area contributed by atoms with Crippen LogP contribution in [0.3, 0.4) is 0 Å². The number of ether oxygens (including phenoxy) is 2. The van der Waals surface area contributed by atoms with Crippen molar-refractivity contribution in [2.75, 3.05) is 26.1 Å². The fraction of sp³-hybridized carbons (Fsp3) is 0.217. The monoisotopic (exact) mass is 391 g/mol. The van der Waals surface area contributed by atoms with Crippen molar-refractivity contribution in [1.29, 1.82) is 0 Å². The number of aromatic nitrogens is 1. The highest BCUT2D eigenvalue weighted by Gasteiger charge is 2.15. The van der Waals surface area contributed by atoms with E-state index >= 15 is 0 Å². The number of benzene rings is 2. The fourth-order valence-corrected chi connectivity index (χ4v) is 3.02. The Morgan fingerprint density at radius 2 is 1.72 bits per heavy atom. The van der Waals surface area contributed by atoms with Gasteiger partial charge in [-0.3, -0.25) is 9.78 Å². The molecule has 0 saturated carbocycles. The molecule has 0 radical (unpaired) electrons. The van der Waals surface area contributed by atoms with Crippen LogP contribution in [0.1, 0.15) is 22.8 Å². The minimum absolute atomic E-state index is 0.0557. The van der Waals surface area contributed by atoms with E-state index in [-0.39, 0.29) is 5.91 Å². The molecule has 29 heavy (non-hydrogen) atoms. The Labute approximate surface area is 171 Å². The van der Waals surface area contributed by atoms with Crippen LogP contribution >= 0.6 is 0 Å². The third kappa shape index (κ3) is 5.04. The van der Waals surface area contributed by atoms with Crippen molar-refractivity contribution in [3.63, 3.8) is 0 Å². The van der Waals surface area contributed by atoms with Crippen molar-refractivity contribution in [2.45, 2.75) is 13.5 Å². The summed E-state index contributed by atoms with van der Waals surface area (Å²) < 4.78 is 10.6. The summed E-state index contributed by atoms with van der Waals surface area (Å²) >= 11 is 0. The van der Waals surface area contributed by atoms with E-state index in [4.69, 9.17) is 9.47 Å². The molecule has 0 spiro atoms. The van der Waals surface area contributed by atoms with Gasteiger partial charge in [0, 0.05) is 31.0 Å². The molecule has 1 aromatic heterocycles. The minimum atomic E-state index is -0.0557. The summed E-state index contributed by atoms with van der Waals surface area (Å²) in [5.74, 6) is 1.22. The summed E-state index contributed by atoms with van der Waals surface area (Å²) in [6.07, 6.45) is 3.27. The highest BCUT2D eigenvalue weighted by Crippen LogP contribution is 2.31. The van der Waals surface area contributed by atoms with Crippen molar-refractivity contribution in [1.82, 2.24) is 9.88 Å². The number of hydrogen-bond donors (Lipinski definition) is 1. The number of nitrogens with one attached hydrogen (secondary N) is 1. The van der Waals surface area contributed by atoms with Crippen molar-refractivity contribution in [3.05, 3.63) is 78.1 Å². The van der Waals surface area contributed by atoms with E-state index in [2.05, 4.69) is 10.3 Å². The summed E-state index contributed by atoms with van der Waals surface area (Å²) in [6.45, 7) is 3.14. The predicted molar refractivity (Wildman–Crippen MR) is 114 cm³/mol. The molecule has 1 N–H and O–H groups in total. The Hall–Kier alpha value is -3.54. The lowest BCUT2D eigenvalue weighted by atomic mass is 10.1. The lowest BCUT2D eigenvalue weighted by molar-refractivity contribution is 0.0752. The first-order chi connectivity index (χ1) is 14.1. The van der Waals surface area contributed by atoms with Crippen LogP contribution < -0.4 is 14.8 Å². The average Bonchev–Trinajstić information content (AvgIpc) is 2.77. The number of amides is 1. The Balaban J connectivity index is 1.77. The Kier molecular flexibility index (Phi) is 6.68. The molecule has 0 aliphatic heterocycles. The van der Waals surface area contributed by atoms with Crippen molar-refractivity contribution < 1.29 is 14.3 Å². The molecule has 0 atom stereocenters. The molecule has 0 aliphatic rings. The van der Waals surface area contributed by atoms with Crippen LogP contribution in [-0.4, -0.2) is 36.6 Å². The summed E-state index contributed by atoms with van der Waals surface area (Å²) in [5, 5.41) is 3.26. The van der Waals surface area contributed by atoms with Gasteiger partial charge in [-0.25, -0.2) is 0 Å². The van der Waals surface area contributed by atoms with E-state index in [0.717, 1.165) is 16.9 Å². The molecule has 0 unspecified atom stereocenters. The Bertz CT molecular complexity index is 961. The zero-order valence-corrected chi connectivity index (χ0v) is 16.9. The number of anilines is 2. The molecule has 3 aromatic rings. The zero-order valence-electron chi connectivity index (χ0n) is 16.9. The normalized spacial score (nSPS) is 10.3. The van der Waals surface area contributed by atoms with E-state index < -0.39 is 0 Å². The summed E-state index contributed by atoms with van der Waals surface area (Å²) in [7, 11) is 3.19. The maximum absolute atomic E-state index is 13.0. The van der Waals surface area contributed by atoms with Gasteiger partial charge in [0.2, 0.25) is 0 Å². The number of carbonyl (C=O) groups excluding carboxylic acids is 1. The van der Waals surface area contributed by atoms with E-state index in [9.17, 15) is 4.79 Å². The molecule has 2 aromatic carbocycles. The fourth-order valence-electron chi connectivity index (χ4n) is 3.02. The number of methoxy groups -OCH3 is 2. The van der Waals surface area contributed by atoms with Gasteiger partial charge in [0.15, 0.2) is 11.5 Å². The molecule has 6 nitrogen and oxygen atoms in total. The first kappa shape index (κ1) is 20.2. The molecule has 0 fully saturated rings. The number of carbonyl (C=O) groups is 1. The van der Waals surface area contributed by atoms with Gasteiger partial charge in [0.05, 0.1) is 31.7 Å². The number of hydrogen-bond acceptors (Lipinski definition) is 5. The van der Waals surface area contributed by atoms with Crippen LogP contribution in [0.15, 0.2) is 67.0 Å². The second kappa shape index (κ2) is 9.59. The number of pyridine rings is 1. The summed E-state index contributed by atoms with van der Waals surface area (Å²) in [5.41, 5.74) is 3.16. The van der Waals surface area contributed by atoms with Crippen LogP contribution in [0.5, 0.6) is 11.5 Å². The number of rotatable bonds is 8. The van der Waals surface area contributed by atoms with Gasteiger partial charge in [0.25, 0.3) is 5.91 Å². The van der Waals surface area contributed by atoms with E-state index in [1.807, 2.05) is 55.5 Å². The molecular formula is C23H25N3O3. The third-order valence-electron chi connectivity index (χ3n) is 4.54. The third-order valence-corrected chi connectivity index (χ3v) is 4.54. The van der Waals surface area contributed by atoms with Crippen molar-refractivity contribution >= 4 is 17.3 Å². The molecular weight excluding hydrogens is 366 g/mol. The van der Waals surface area contributed by atoms with Gasteiger partial charge in [-0.1, -0.05) is 30.3 Å². The van der Waals surface area contributed by atoms with Gasteiger partial charge < -0.3 is 19.7 Å². The zero-order chi connectivity index (χ0) is 20.6. The lowest BCUT2D eigenvalue weighted by Gasteiger charge is -2.21. The Morgan fingerprint density at radius 3 is 2.41 bits per heavy atom. The van der Waals surface area contributed by atoms with Crippen LogP contribution in [-0.2, 0) is 6.54 Å². The molecule has 6 heteroatoms. The van der Waals surface area contributed by atoms with Gasteiger partial charge in [0.1, 0.15) is 0 Å². The summed E-state index contributed by atoms with van der Waals surface area (Å²) in [4.78, 5) is 19.0. The van der Waals surface area contributed by atoms with Crippen molar-refractivity contribution in [2.24, 2.45) is 0 Å². The average molecular weight is 391 g/mol. The van der Waals surface area contributed by atoms with Gasteiger partial charge in [-0.2, -0.15) is 0 Å². The van der Waals surface area contributed by atoms with Crippen molar-refractivity contribution in [3.8, 4) is 11.5 Å². The van der Waals surface area contributed by atoms with Crippen LogP contribution in [0, 0.1) is 0 Å². The molecule has 0 aliphatic carbocycles. The SMILES string of the molecule is CCN(Cc1ccccc1)C(=O)c1cncc(Nc2ccc(OC)c(OC)c2)c1. The highest BCUT2D eigenvalue weighted by molar-refractivity contribution is 5.95.